The standard InChI is InChI=1S/C8H13N3O2S/c1-14-5-7-10-8(13-11-7)6-4-9-2-3-12-6/h6,9H,2-5H2,1H3. The summed E-state index contributed by atoms with van der Waals surface area (Å²) in [6, 6.07) is 0. The van der Waals surface area contributed by atoms with Crippen LogP contribution in [0.25, 0.3) is 0 Å². The Hall–Kier alpha value is -0.590. The molecule has 0 bridgehead atoms. The molecule has 1 unspecified atom stereocenters. The molecule has 14 heavy (non-hydrogen) atoms. The largest absolute Gasteiger partial charge is 0.366 e. The minimum atomic E-state index is -0.0770. The lowest BCUT2D eigenvalue weighted by atomic mass is 10.3. The first-order chi connectivity index (χ1) is 6.90. The lowest BCUT2D eigenvalue weighted by Crippen LogP contribution is -2.33. The maximum Gasteiger partial charge on any atom is 0.257 e. The van der Waals surface area contributed by atoms with E-state index in [1.54, 1.807) is 11.8 Å². The topological polar surface area (TPSA) is 60.2 Å². The molecular formula is C8H13N3O2S. The molecule has 78 valence electrons. The third-order valence-electron chi connectivity index (χ3n) is 1.96. The van der Waals surface area contributed by atoms with Gasteiger partial charge in [-0.3, -0.25) is 0 Å². The molecule has 0 aromatic carbocycles. The maximum atomic E-state index is 5.49. The van der Waals surface area contributed by atoms with Crippen LogP contribution >= 0.6 is 11.8 Å². The zero-order valence-corrected chi connectivity index (χ0v) is 8.84. The van der Waals surface area contributed by atoms with Crippen LogP contribution in [-0.2, 0) is 10.5 Å². The Kier molecular flexibility index (Phi) is 3.39. The third kappa shape index (κ3) is 2.26. The van der Waals surface area contributed by atoms with Gasteiger partial charge in [-0.25, -0.2) is 0 Å². The molecule has 1 aromatic rings. The van der Waals surface area contributed by atoms with Gasteiger partial charge in [0.25, 0.3) is 5.89 Å². The van der Waals surface area contributed by atoms with E-state index >= 15 is 0 Å². The Balaban J connectivity index is 2.00. The molecule has 2 heterocycles. The fraction of sp³-hybridized carbons (Fsp3) is 0.750. The summed E-state index contributed by atoms with van der Waals surface area (Å²) >= 11 is 1.67. The number of nitrogens with zero attached hydrogens (tertiary/aromatic N) is 2. The first-order valence-corrected chi connectivity index (χ1v) is 5.93. The van der Waals surface area contributed by atoms with Crippen LogP contribution in [0.3, 0.4) is 0 Å². The number of hydrogen-bond donors (Lipinski definition) is 1. The lowest BCUT2D eigenvalue weighted by molar-refractivity contribution is 0.00755. The molecule has 1 aromatic heterocycles. The Morgan fingerprint density at radius 2 is 2.57 bits per heavy atom. The summed E-state index contributed by atoms with van der Waals surface area (Å²) in [5.41, 5.74) is 0. The van der Waals surface area contributed by atoms with E-state index in [-0.39, 0.29) is 6.10 Å². The molecule has 2 rings (SSSR count). The summed E-state index contributed by atoms with van der Waals surface area (Å²) in [5.74, 6) is 2.10. The van der Waals surface area contributed by atoms with E-state index < -0.39 is 0 Å². The summed E-state index contributed by atoms with van der Waals surface area (Å²) in [6.45, 7) is 2.34. The van der Waals surface area contributed by atoms with Crippen LogP contribution in [0.1, 0.15) is 17.8 Å². The second-order valence-corrected chi connectivity index (χ2v) is 3.91. The van der Waals surface area contributed by atoms with Crippen LogP contribution in [0.2, 0.25) is 0 Å². The minimum absolute atomic E-state index is 0.0770. The van der Waals surface area contributed by atoms with Gasteiger partial charge < -0.3 is 14.6 Å². The van der Waals surface area contributed by atoms with Crippen molar-refractivity contribution in [2.45, 2.75) is 11.9 Å². The molecule has 0 amide bonds. The van der Waals surface area contributed by atoms with Crippen molar-refractivity contribution in [1.29, 1.82) is 0 Å². The Labute approximate surface area is 86.6 Å². The number of hydrogen-bond acceptors (Lipinski definition) is 6. The van der Waals surface area contributed by atoms with Crippen molar-refractivity contribution in [2.75, 3.05) is 26.0 Å². The van der Waals surface area contributed by atoms with Gasteiger partial charge in [-0.2, -0.15) is 16.7 Å². The molecule has 0 aliphatic carbocycles. The zero-order valence-electron chi connectivity index (χ0n) is 8.02. The van der Waals surface area contributed by atoms with Crippen LogP contribution in [0.4, 0.5) is 0 Å². The normalized spacial score (nSPS) is 22.5. The second-order valence-electron chi connectivity index (χ2n) is 3.05. The van der Waals surface area contributed by atoms with Crippen LogP contribution in [0, 0.1) is 0 Å². The van der Waals surface area contributed by atoms with Gasteiger partial charge in [0.15, 0.2) is 5.82 Å². The quantitative estimate of drug-likeness (QED) is 0.796. The maximum absolute atomic E-state index is 5.49. The molecule has 1 atom stereocenters. The zero-order chi connectivity index (χ0) is 9.80. The first-order valence-electron chi connectivity index (χ1n) is 4.54. The average Bonchev–Trinajstić information content (AvgIpc) is 2.68. The molecule has 1 fully saturated rings. The van der Waals surface area contributed by atoms with Crippen molar-refractivity contribution in [3.05, 3.63) is 11.7 Å². The van der Waals surface area contributed by atoms with Crippen LogP contribution in [0.15, 0.2) is 4.52 Å². The van der Waals surface area contributed by atoms with Gasteiger partial charge in [0.1, 0.15) is 6.10 Å². The Bertz CT molecular complexity index is 286. The molecule has 1 saturated heterocycles. The smallest absolute Gasteiger partial charge is 0.257 e. The first kappa shape index (κ1) is 9.95. The number of rotatable bonds is 3. The number of ether oxygens (including phenoxy) is 1. The molecular weight excluding hydrogens is 202 g/mol. The predicted molar refractivity (Wildman–Crippen MR) is 53.1 cm³/mol. The van der Waals surface area contributed by atoms with E-state index in [1.165, 1.54) is 0 Å². The summed E-state index contributed by atoms with van der Waals surface area (Å²) in [5, 5.41) is 7.08. The predicted octanol–water partition coefficient (Wildman–Crippen LogP) is 0.593. The summed E-state index contributed by atoms with van der Waals surface area (Å²) in [7, 11) is 0. The van der Waals surface area contributed by atoms with Crippen molar-refractivity contribution < 1.29 is 9.26 Å². The summed E-state index contributed by atoms with van der Waals surface area (Å²) in [6.07, 6.45) is 1.93. The van der Waals surface area contributed by atoms with Gasteiger partial charge in [0.05, 0.1) is 12.4 Å². The molecule has 0 spiro atoms. The number of thioether (sulfide) groups is 1. The monoisotopic (exact) mass is 215 g/mol. The highest BCUT2D eigenvalue weighted by molar-refractivity contribution is 7.97. The van der Waals surface area contributed by atoms with Crippen LogP contribution in [0.5, 0.6) is 0 Å². The van der Waals surface area contributed by atoms with Gasteiger partial charge >= 0.3 is 0 Å². The van der Waals surface area contributed by atoms with E-state index in [9.17, 15) is 0 Å². The fourth-order valence-electron chi connectivity index (χ4n) is 1.31. The van der Waals surface area contributed by atoms with Crippen molar-refractivity contribution in [1.82, 2.24) is 15.5 Å². The molecule has 5 nitrogen and oxygen atoms in total. The molecule has 1 aliphatic rings. The number of morpholine rings is 1. The van der Waals surface area contributed by atoms with Gasteiger partial charge in [-0.05, 0) is 6.26 Å². The molecule has 1 N–H and O–H groups in total. The second kappa shape index (κ2) is 4.77. The van der Waals surface area contributed by atoms with Crippen LogP contribution in [-0.4, -0.2) is 36.1 Å². The third-order valence-corrected chi connectivity index (χ3v) is 2.51. The average molecular weight is 215 g/mol. The number of aromatic nitrogens is 2. The minimum Gasteiger partial charge on any atom is -0.366 e. The van der Waals surface area contributed by atoms with Gasteiger partial charge in [-0.15, -0.1) is 0 Å². The van der Waals surface area contributed by atoms with E-state index in [4.69, 9.17) is 9.26 Å². The Morgan fingerprint density at radius 1 is 1.64 bits per heavy atom. The SMILES string of the molecule is CSCc1noc(C2CNCCO2)n1. The highest BCUT2D eigenvalue weighted by Gasteiger charge is 2.21. The van der Waals surface area contributed by atoms with Crippen molar-refractivity contribution in [2.24, 2.45) is 0 Å². The van der Waals surface area contributed by atoms with Gasteiger partial charge in [0.2, 0.25) is 0 Å². The lowest BCUT2D eigenvalue weighted by Gasteiger charge is -2.19. The van der Waals surface area contributed by atoms with Crippen molar-refractivity contribution in [3.63, 3.8) is 0 Å². The van der Waals surface area contributed by atoms with E-state index in [2.05, 4.69) is 15.5 Å². The molecule has 6 heteroatoms. The molecule has 0 radical (unpaired) electrons. The van der Waals surface area contributed by atoms with Crippen molar-refractivity contribution in [3.8, 4) is 0 Å². The summed E-state index contributed by atoms with van der Waals surface area (Å²) < 4.78 is 10.6. The van der Waals surface area contributed by atoms with Gasteiger partial charge in [0, 0.05) is 13.1 Å². The fourth-order valence-corrected chi connectivity index (χ4v) is 1.69. The van der Waals surface area contributed by atoms with Crippen LogP contribution < -0.4 is 5.32 Å². The van der Waals surface area contributed by atoms with E-state index in [0.29, 0.717) is 12.5 Å². The molecule has 0 saturated carbocycles. The number of nitrogens with one attached hydrogen (secondary N) is 1. The van der Waals surface area contributed by atoms with E-state index in [1.807, 2.05) is 6.26 Å². The highest BCUT2D eigenvalue weighted by Crippen LogP contribution is 2.17. The Morgan fingerprint density at radius 3 is 3.29 bits per heavy atom. The highest BCUT2D eigenvalue weighted by atomic mass is 32.2. The molecule has 1 aliphatic heterocycles. The summed E-state index contributed by atoms with van der Waals surface area (Å²) in [4.78, 5) is 4.26. The van der Waals surface area contributed by atoms with Crippen molar-refractivity contribution >= 4 is 11.8 Å². The van der Waals surface area contributed by atoms with Gasteiger partial charge in [-0.1, -0.05) is 5.16 Å². The van der Waals surface area contributed by atoms with E-state index in [0.717, 1.165) is 24.7 Å².